The second-order valence-corrected chi connectivity index (χ2v) is 3.97. The Labute approximate surface area is 90.6 Å². The van der Waals surface area contributed by atoms with E-state index in [1.807, 2.05) is 26.1 Å². The maximum Gasteiger partial charge on any atom is 0.129 e. The zero-order valence-electron chi connectivity index (χ0n) is 9.70. The molecule has 15 heavy (non-hydrogen) atoms. The quantitative estimate of drug-likeness (QED) is 0.582. The molecule has 0 aliphatic rings. The van der Waals surface area contributed by atoms with Crippen LogP contribution in [-0.4, -0.2) is 23.9 Å². The van der Waals surface area contributed by atoms with E-state index in [2.05, 4.69) is 23.7 Å². The monoisotopic (exact) mass is 206 g/mol. The normalized spacial score (nSPS) is 10.5. The van der Waals surface area contributed by atoms with E-state index >= 15 is 0 Å². The van der Waals surface area contributed by atoms with Crippen LogP contribution < -0.4 is 10.6 Å². The minimum absolute atomic E-state index is 0.0823. The standard InChI is InChI=1S/C11H18N4/c1-7(2)15(4)10-6-9(11(12)13)5-8(3)14-10/h5-7H,1-4H3,(H3,12,13). The number of rotatable bonds is 3. The first-order valence-corrected chi connectivity index (χ1v) is 4.97. The number of hydrogen-bond donors (Lipinski definition) is 2. The third kappa shape index (κ3) is 2.68. The first kappa shape index (κ1) is 11.5. The van der Waals surface area contributed by atoms with Crippen LogP contribution in [0.25, 0.3) is 0 Å². The van der Waals surface area contributed by atoms with Crippen LogP contribution in [-0.2, 0) is 0 Å². The topological polar surface area (TPSA) is 66.0 Å². The maximum absolute atomic E-state index is 7.41. The summed E-state index contributed by atoms with van der Waals surface area (Å²) in [5, 5.41) is 7.41. The fourth-order valence-electron chi connectivity index (χ4n) is 1.25. The zero-order chi connectivity index (χ0) is 11.6. The van der Waals surface area contributed by atoms with Crippen LogP contribution in [0.4, 0.5) is 5.82 Å². The molecule has 0 saturated carbocycles. The zero-order valence-corrected chi connectivity index (χ0v) is 9.70. The molecule has 4 heteroatoms. The van der Waals surface area contributed by atoms with Gasteiger partial charge in [0, 0.05) is 24.3 Å². The van der Waals surface area contributed by atoms with Crippen molar-refractivity contribution in [3.63, 3.8) is 0 Å². The highest BCUT2D eigenvalue weighted by atomic mass is 15.2. The predicted octanol–water partition coefficient (Wildman–Crippen LogP) is 1.52. The van der Waals surface area contributed by atoms with Crippen LogP contribution in [0.15, 0.2) is 12.1 Å². The summed E-state index contributed by atoms with van der Waals surface area (Å²) in [5.41, 5.74) is 7.07. The molecule has 3 N–H and O–H groups in total. The van der Waals surface area contributed by atoms with Crippen molar-refractivity contribution in [3.05, 3.63) is 23.4 Å². The molecule has 0 amide bonds. The molecule has 1 rings (SSSR count). The summed E-state index contributed by atoms with van der Waals surface area (Å²) in [4.78, 5) is 6.47. The molecule has 0 aliphatic carbocycles. The van der Waals surface area contributed by atoms with Gasteiger partial charge in [-0.05, 0) is 32.9 Å². The lowest BCUT2D eigenvalue weighted by Crippen LogP contribution is -2.27. The van der Waals surface area contributed by atoms with Crippen LogP contribution in [0.3, 0.4) is 0 Å². The molecule has 82 valence electrons. The van der Waals surface area contributed by atoms with E-state index in [1.165, 1.54) is 0 Å². The van der Waals surface area contributed by atoms with E-state index in [-0.39, 0.29) is 5.84 Å². The van der Waals surface area contributed by atoms with E-state index < -0.39 is 0 Å². The summed E-state index contributed by atoms with van der Waals surface area (Å²) in [6, 6.07) is 4.04. The summed E-state index contributed by atoms with van der Waals surface area (Å²) >= 11 is 0. The third-order valence-electron chi connectivity index (χ3n) is 2.39. The SMILES string of the molecule is Cc1cc(C(=N)N)cc(N(C)C(C)C)n1. The second kappa shape index (κ2) is 4.29. The number of nitrogens with one attached hydrogen (secondary N) is 1. The Morgan fingerprint density at radius 3 is 2.53 bits per heavy atom. The molecule has 0 atom stereocenters. The van der Waals surface area contributed by atoms with Gasteiger partial charge in [-0.25, -0.2) is 4.98 Å². The van der Waals surface area contributed by atoms with Crippen molar-refractivity contribution < 1.29 is 0 Å². The van der Waals surface area contributed by atoms with E-state index in [9.17, 15) is 0 Å². The molecule has 1 aromatic heterocycles. The molecule has 1 heterocycles. The van der Waals surface area contributed by atoms with E-state index in [1.54, 1.807) is 0 Å². The van der Waals surface area contributed by atoms with Crippen LogP contribution in [0.2, 0.25) is 0 Å². The Kier molecular flexibility index (Phi) is 3.29. The molecule has 0 fully saturated rings. The third-order valence-corrected chi connectivity index (χ3v) is 2.39. The van der Waals surface area contributed by atoms with Gasteiger partial charge in [-0.3, -0.25) is 5.41 Å². The smallest absolute Gasteiger partial charge is 0.129 e. The largest absolute Gasteiger partial charge is 0.384 e. The van der Waals surface area contributed by atoms with Crippen molar-refractivity contribution in [1.82, 2.24) is 4.98 Å². The average Bonchev–Trinajstić information content (AvgIpc) is 2.15. The highest BCUT2D eigenvalue weighted by Crippen LogP contribution is 2.15. The summed E-state index contributed by atoms with van der Waals surface area (Å²) in [7, 11) is 1.98. The van der Waals surface area contributed by atoms with Gasteiger partial charge in [0.15, 0.2) is 0 Å². The van der Waals surface area contributed by atoms with E-state index in [0.717, 1.165) is 17.1 Å². The lowest BCUT2D eigenvalue weighted by Gasteiger charge is -2.23. The maximum atomic E-state index is 7.41. The number of pyridine rings is 1. The number of aryl methyl sites for hydroxylation is 1. The average molecular weight is 206 g/mol. The number of hydrogen-bond acceptors (Lipinski definition) is 3. The molecule has 1 aromatic rings. The molecule has 0 aliphatic heterocycles. The Morgan fingerprint density at radius 1 is 1.47 bits per heavy atom. The number of aromatic nitrogens is 1. The van der Waals surface area contributed by atoms with Gasteiger partial charge in [0.1, 0.15) is 11.7 Å². The van der Waals surface area contributed by atoms with Gasteiger partial charge in [0.25, 0.3) is 0 Å². The molecular formula is C11H18N4. The predicted molar refractivity (Wildman–Crippen MR) is 63.5 cm³/mol. The van der Waals surface area contributed by atoms with Crippen molar-refractivity contribution in [2.75, 3.05) is 11.9 Å². The van der Waals surface area contributed by atoms with Gasteiger partial charge in [0.2, 0.25) is 0 Å². The van der Waals surface area contributed by atoms with Crippen molar-refractivity contribution in [1.29, 1.82) is 5.41 Å². The van der Waals surface area contributed by atoms with Crippen LogP contribution in [0.5, 0.6) is 0 Å². The van der Waals surface area contributed by atoms with Gasteiger partial charge in [-0.15, -0.1) is 0 Å². The molecule has 0 radical (unpaired) electrons. The number of anilines is 1. The lowest BCUT2D eigenvalue weighted by atomic mass is 10.2. The number of nitrogens with zero attached hydrogens (tertiary/aromatic N) is 2. The summed E-state index contributed by atoms with van der Waals surface area (Å²) in [5.74, 6) is 0.939. The number of amidine groups is 1. The van der Waals surface area contributed by atoms with Crippen molar-refractivity contribution in [2.45, 2.75) is 26.8 Å². The van der Waals surface area contributed by atoms with Crippen LogP contribution in [0.1, 0.15) is 25.1 Å². The Morgan fingerprint density at radius 2 is 2.07 bits per heavy atom. The number of nitrogen functional groups attached to an aromatic ring is 1. The fourth-order valence-corrected chi connectivity index (χ4v) is 1.25. The lowest BCUT2D eigenvalue weighted by molar-refractivity contribution is 0.741. The fraction of sp³-hybridized carbons (Fsp3) is 0.455. The van der Waals surface area contributed by atoms with E-state index in [4.69, 9.17) is 11.1 Å². The summed E-state index contributed by atoms with van der Waals surface area (Å²) in [6.45, 7) is 6.10. The molecule has 0 bridgehead atoms. The second-order valence-electron chi connectivity index (χ2n) is 3.97. The van der Waals surface area contributed by atoms with E-state index in [0.29, 0.717) is 6.04 Å². The molecule has 0 spiro atoms. The van der Waals surface area contributed by atoms with Crippen molar-refractivity contribution >= 4 is 11.7 Å². The minimum atomic E-state index is 0.0823. The van der Waals surface area contributed by atoms with Crippen molar-refractivity contribution in [2.24, 2.45) is 5.73 Å². The van der Waals surface area contributed by atoms with Gasteiger partial charge in [-0.2, -0.15) is 0 Å². The molecule has 4 nitrogen and oxygen atoms in total. The van der Waals surface area contributed by atoms with Crippen LogP contribution >= 0.6 is 0 Å². The van der Waals surface area contributed by atoms with Crippen molar-refractivity contribution in [3.8, 4) is 0 Å². The van der Waals surface area contributed by atoms with Gasteiger partial charge < -0.3 is 10.6 Å². The van der Waals surface area contributed by atoms with Gasteiger partial charge >= 0.3 is 0 Å². The molecule has 0 unspecified atom stereocenters. The van der Waals surface area contributed by atoms with Gasteiger partial charge in [-0.1, -0.05) is 0 Å². The Balaban J connectivity index is 3.14. The Hall–Kier alpha value is -1.58. The number of nitrogens with two attached hydrogens (primary N) is 1. The molecule has 0 aromatic carbocycles. The van der Waals surface area contributed by atoms with Gasteiger partial charge in [0.05, 0.1) is 0 Å². The Bertz CT molecular complexity index is 371. The van der Waals surface area contributed by atoms with Crippen LogP contribution in [0, 0.1) is 12.3 Å². The highest BCUT2D eigenvalue weighted by Gasteiger charge is 2.09. The highest BCUT2D eigenvalue weighted by molar-refractivity contribution is 5.95. The molecule has 0 saturated heterocycles. The first-order valence-electron chi connectivity index (χ1n) is 4.97. The first-order chi connectivity index (χ1) is 6.91. The molecular weight excluding hydrogens is 188 g/mol. The summed E-state index contributed by atoms with van der Waals surface area (Å²) < 4.78 is 0. The minimum Gasteiger partial charge on any atom is -0.384 e. The summed E-state index contributed by atoms with van der Waals surface area (Å²) in [6.07, 6.45) is 0.